The summed E-state index contributed by atoms with van der Waals surface area (Å²) in [7, 11) is -4.67. The van der Waals surface area contributed by atoms with E-state index in [1.165, 1.54) is 0 Å². The van der Waals surface area contributed by atoms with Gasteiger partial charge in [0.1, 0.15) is 0 Å². The van der Waals surface area contributed by atoms with Gasteiger partial charge < -0.3 is 0 Å². The number of benzene rings is 3. The van der Waals surface area contributed by atoms with Crippen molar-refractivity contribution in [1.82, 2.24) is 0 Å². The lowest BCUT2D eigenvalue weighted by Crippen LogP contribution is -2.64. The Hall–Kier alpha value is -1.48. The molecule has 0 unspecified atom stereocenters. The molecule has 0 aromatic heterocycles. The Morgan fingerprint density at radius 2 is 0.840 bits per heavy atom. The molecule has 6 heteroatoms. The van der Waals surface area contributed by atoms with Crippen molar-refractivity contribution >= 4 is 24.0 Å². The van der Waals surface area contributed by atoms with Gasteiger partial charge in [0.25, 0.3) is 5.60 Å². The zero-order chi connectivity index (χ0) is 17.0. The first kappa shape index (κ1) is 19.8. The Morgan fingerprint density at radius 1 is 0.560 bits per heavy atom. The SMILES string of the molecule is I.[O-][Cl+3]([O-])([O-])OC(c1ccccc1)(c1ccccc1)c1ccccc1. The lowest BCUT2D eigenvalue weighted by molar-refractivity contribution is -1.92. The van der Waals surface area contributed by atoms with E-state index in [2.05, 4.69) is 0 Å². The summed E-state index contributed by atoms with van der Waals surface area (Å²) >= 11 is 0. The van der Waals surface area contributed by atoms with E-state index in [1.807, 2.05) is 18.2 Å². The van der Waals surface area contributed by atoms with Crippen molar-refractivity contribution in [1.29, 1.82) is 0 Å². The predicted octanol–water partition coefficient (Wildman–Crippen LogP) is 1.51. The molecular formula is C19H16ClIO4. The zero-order valence-electron chi connectivity index (χ0n) is 13.1. The maximum Gasteiger partial charge on any atom is 0.298 e. The van der Waals surface area contributed by atoms with Gasteiger partial charge in [-0.3, -0.25) is 0 Å². The molecular weight excluding hydrogens is 455 g/mol. The summed E-state index contributed by atoms with van der Waals surface area (Å²) in [6, 6.07) is 26.5. The van der Waals surface area contributed by atoms with Crippen LogP contribution in [0.25, 0.3) is 0 Å². The van der Waals surface area contributed by atoms with Gasteiger partial charge in [0.15, 0.2) is 0 Å². The van der Waals surface area contributed by atoms with Crippen molar-refractivity contribution in [2.75, 3.05) is 0 Å². The summed E-state index contributed by atoms with van der Waals surface area (Å²) in [6.07, 6.45) is 0. The van der Waals surface area contributed by atoms with Gasteiger partial charge >= 0.3 is 0 Å². The van der Waals surface area contributed by atoms with Crippen molar-refractivity contribution in [2.45, 2.75) is 5.60 Å². The molecule has 0 N–H and O–H groups in total. The molecule has 0 atom stereocenters. The molecule has 25 heavy (non-hydrogen) atoms. The third-order valence-electron chi connectivity index (χ3n) is 3.75. The van der Waals surface area contributed by atoms with E-state index in [1.54, 1.807) is 72.8 Å². The van der Waals surface area contributed by atoms with E-state index in [-0.39, 0.29) is 24.0 Å². The van der Waals surface area contributed by atoms with E-state index in [4.69, 9.17) is 4.29 Å². The van der Waals surface area contributed by atoms with Gasteiger partial charge in [0.2, 0.25) is 0 Å². The van der Waals surface area contributed by atoms with Gasteiger partial charge in [-0.1, -0.05) is 91.0 Å². The summed E-state index contributed by atoms with van der Waals surface area (Å²) in [5.74, 6) is 0. The number of halogens is 2. The highest BCUT2D eigenvalue weighted by Crippen LogP contribution is 2.41. The average Bonchev–Trinajstić information content (AvgIpc) is 2.61. The van der Waals surface area contributed by atoms with Gasteiger partial charge in [-0.15, -0.1) is 24.0 Å². The lowest BCUT2D eigenvalue weighted by Gasteiger charge is -2.31. The molecule has 0 aliphatic carbocycles. The van der Waals surface area contributed by atoms with E-state index in [0.717, 1.165) is 0 Å². The van der Waals surface area contributed by atoms with Crippen LogP contribution in [0.2, 0.25) is 0 Å². The fraction of sp³-hybridized carbons (Fsp3) is 0.0526. The highest BCUT2D eigenvalue weighted by atomic mass is 127. The molecule has 0 spiro atoms. The van der Waals surface area contributed by atoms with Crippen molar-refractivity contribution < 1.29 is 28.5 Å². The Labute approximate surface area is 165 Å². The molecule has 3 rings (SSSR count). The highest BCUT2D eigenvalue weighted by molar-refractivity contribution is 14.0. The maximum absolute atomic E-state index is 11.6. The van der Waals surface area contributed by atoms with Crippen molar-refractivity contribution in [2.24, 2.45) is 0 Å². The molecule has 0 amide bonds. The Bertz CT molecular complexity index is 680. The second-order valence-electron chi connectivity index (χ2n) is 5.23. The number of hydrogen-bond acceptors (Lipinski definition) is 4. The van der Waals surface area contributed by atoms with Crippen molar-refractivity contribution in [3.63, 3.8) is 0 Å². The molecule has 0 aliphatic rings. The van der Waals surface area contributed by atoms with Gasteiger partial charge in [0.05, 0.1) is 14.5 Å². The highest BCUT2D eigenvalue weighted by Gasteiger charge is 2.51. The first-order chi connectivity index (χ1) is 11.5. The fourth-order valence-electron chi connectivity index (χ4n) is 2.79. The first-order valence-electron chi connectivity index (χ1n) is 7.30. The predicted molar refractivity (Wildman–Crippen MR) is 95.7 cm³/mol. The number of hydrogen-bond donors (Lipinski definition) is 0. The van der Waals surface area contributed by atoms with Crippen LogP contribution in [-0.2, 0) is 9.89 Å². The second kappa shape index (κ2) is 8.27. The minimum absolute atomic E-state index is 0. The normalized spacial score (nSPS) is 11.6. The molecule has 3 aromatic rings. The monoisotopic (exact) mass is 470 g/mol. The third-order valence-corrected chi connectivity index (χ3v) is 4.17. The fourth-order valence-corrected chi connectivity index (χ4v) is 3.34. The minimum atomic E-state index is -4.67. The molecule has 4 nitrogen and oxygen atoms in total. The summed E-state index contributed by atoms with van der Waals surface area (Å²) < 4.78 is 39.9. The smallest absolute Gasteiger partial charge is 0.183 e. The summed E-state index contributed by atoms with van der Waals surface area (Å²) in [5, 5.41) is 0. The van der Waals surface area contributed by atoms with Crippen LogP contribution in [-0.4, -0.2) is 0 Å². The summed E-state index contributed by atoms with van der Waals surface area (Å²) in [4.78, 5) is 0. The van der Waals surface area contributed by atoms with Crippen LogP contribution in [0.3, 0.4) is 0 Å². The zero-order valence-corrected chi connectivity index (χ0v) is 16.2. The molecule has 0 bridgehead atoms. The minimum Gasteiger partial charge on any atom is -0.183 e. The van der Waals surface area contributed by atoms with E-state index < -0.39 is 15.8 Å². The van der Waals surface area contributed by atoms with E-state index in [0.29, 0.717) is 16.7 Å². The molecule has 0 aliphatic heterocycles. The summed E-state index contributed by atoms with van der Waals surface area (Å²) in [5.41, 5.74) is 0.101. The van der Waals surface area contributed by atoms with Gasteiger partial charge in [-0.05, 0) is 0 Å². The topological polar surface area (TPSA) is 78.4 Å². The standard InChI is InChI=1S/C19H15ClO4.HI/c21-20(22,23)24-19(16-10-4-1-5-11-16,17-12-6-2-7-13-17)18-14-8-3-9-15-18;/h1-15H;1H. The Kier molecular flexibility index (Phi) is 6.56. The average molecular weight is 471 g/mol. The van der Waals surface area contributed by atoms with Crippen LogP contribution in [0.5, 0.6) is 0 Å². The van der Waals surface area contributed by atoms with Crippen LogP contribution in [0.1, 0.15) is 16.7 Å². The maximum atomic E-state index is 11.6. The van der Waals surface area contributed by atoms with Crippen LogP contribution < -0.4 is 14.0 Å². The first-order valence-corrected chi connectivity index (χ1v) is 8.54. The summed E-state index contributed by atoms with van der Waals surface area (Å²) in [6.45, 7) is 0. The third kappa shape index (κ3) is 4.38. The molecule has 130 valence electrons. The van der Waals surface area contributed by atoms with Crippen LogP contribution in [0, 0.1) is 10.2 Å². The van der Waals surface area contributed by atoms with Crippen LogP contribution >= 0.6 is 24.0 Å². The van der Waals surface area contributed by atoms with Gasteiger partial charge in [0, 0.05) is 16.7 Å². The second-order valence-corrected chi connectivity index (χ2v) is 6.14. The largest absolute Gasteiger partial charge is 0.298 e. The lowest BCUT2D eigenvalue weighted by atomic mass is 9.80. The van der Waals surface area contributed by atoms with Crippen molar-refractivity contribution in [3.8, 4) is 0 Å². The molecule has 0 radical (unpaired) electrons. The van der Waals surface area contributed by atoms with Crippen molar-refractivity contribution in [3.05, 3.63) is 108 Å². The van der Waals surface area contributed by atoms with Crippen LogP contribution in [0.4, 0.5) is 0 Å². The molecule has 0 heterocycles. The Balaban J connectivity index is 0.00000225. The quantitative estimate of drug-likeness (QED) is 0.418. The molecule has 0 saturated carbocycles. The van der Waals surface area contributed by atoms with E-state index >= 15 is 0 Å². The number of rotatable bonds is 5. The molecule has 0 fully saturated rings. The van der Waals surface area contributed by atoms with Gasteiger partial charge in [-0.2, -0.15) is 14.0 Å². The van der Waals surface area contributed by atoms with Gasteiger partial charge in [-0.25, -0.2) is 0 Å². The Morgan fingerprint density at radius 3 is 1.08 bits per heavy atom. The van der Waals surface area contributed by atoms with Crippen LogP contribution in [0.15, 0.2) is 91.0 Å². The van der Waals surface area contributed by atoms with E-state index in [9.17, 15) is 14.0 Å². The molecule has 0 saturated heterocycles. The molecule has 3 aromatic carbocycles.